The van der Waals surface area contributed by atoms with E-state index < -0.39 is 6.04 Å². The summed E-state index contributed by atoms with van der Waals surface area (Å²) in [6.07, 6.45) is 0. The zero-order chi connectivity index (χ0) is 14.5. The molecule has 0 aromatic heterocycles. The number of carbonyl (C=O) groups excluding carboxylic acids is 1. The number of hydrogen-bond acceptors (Lipinski definition) is 3. The van der Waals surface area contributed by atoms with E-state index in [1.54, 1.807) is 0 Å². The van der Waals surface area contributed by atoms with Gasteiger partial charge in [-0.1, -0.05) is 45.0 Å². The van der Waals surface area contributed by atoms with Crippen LogP contribution in [0.4, 0.5) is 0 Å². The molecular weight excluding hydrogens is 276 g/mol. The highest BCUT2D eigenvalue weighted by molar-refractivity contribution is 5.85. The van der Waals surface area contributed by atoms with Gasteiger partial charge >= 0.3 is 0 Å². The highest BCUT2D eigenvalue weighted by Crippen LogP contribution is 2.22. The maximum Gasteiger partial charge on any atom is 0.239 e. The summed E-state index contributed by atoms with van der Waals surface area (Å²) in [5.41, 5.74) is 8.12. The van der Waals surface area contributed by atoms with Crippen LogP contribution in [-0.2, 0) is 21.5 Å². The van der Waals surface area contributed by atoms with Gasteiger partial charge in [0.15, 0.2) is 0 Å². The van der Waals surface area contributed by atoms with Crippen molar-refractivity contribution >= 4 is 18.3 Å². The van der Waals surface area contributed by atoms with Crippen LogP contribution in [0.5, 0.6) is 0 Å². The molecule has 1 aromatic rings. The van der Waals surface area contributed by atoms with Crippen LogP contribution >= 0.6 is 12.4 Å². The topological polar surface area (TPSA) is 64.3 Å². The molecule has 0 saturated heterocycles. The second-order valence-electron chi connectivity index (χ2n) is 5.73. The summed E-state index contributed by atoms with van der Waals surface area (Å²) >= 11 is 0. The van der Waals surface area contributed by atoms with Crippen LogP contribution in [0.25, 0.3) is 0 Å². The summed E-state index contributed by atoms with van der Waals surface area (Å²) in [5.74, 6) is -0.193. The Bertz CT molecular complexity index is 413. The van der Waals surface area contributed by atoms with Gasteiger partial charge in [0, 0.05) is 13.7 Å². The van der Waals surface area contributed by atoms with Crippen molar-refractivity contribution in [2.45, 2.75) is 38.8 Å². The molecule has 1 rings (SSSR count). The lowest BCUT2D eigenvalue weighted by Crippen LogP contribution is -2.43. The summed E-state index contributed by atoms with van der Waals surface area (Å²) in [6, 6.07) is 7.64. The van der Waals surface area contributed by atoms with Gasteiger partial charge in [0.05, 0.1) is 6.61 Å². The van der Waals surface area contributed by atoms with Crippen molar-refractivity contribution in [3.05, 3.63) is 35.4 Å². The first-order valence-corrected chi connectivity index (χ1v) is 6.46. The zero-order valence-electron chi connectivity index (χ0n) is 12.6. The third-order valence-corrected chi connectivity index (χ3v) is 2.97. The quantitative estimate of drug-likeness (QED) is 0.874. The minimum Gasteiger partial charge on any atom is -0.383 e. The van der Waals surface area contributed by atoms with Crippen molar-refractivity contribution in [3.63, 3.8) is 0 Å². The number of benzene rings is 1. The summed E-state index contributed by atoms with van der Waals surface area (Å²) < 4.78 is 4.84. The molecule has 0 saturated carbocycles. The van der Waals surface area contributed by atoms with E-state index in [9.17, 15) is 4.79 Å². The van der Waals surface area contributed by atoms with E-state index >= 15 is 0 Å². The summed E-state index contributed by atoms with van der Waals surface area (Å²) in [6.45, 7) is 7.24. The summed E-state index contributed by atoms with van der Waals surface area (Å²) in [4.78, 5) is 11.6. The molecule has 0 aliphatic heterocycles. The number of hydrogen-bond donors (Lipinski definition) is 2. The second kappa shape index (κ2) is 8.25. The largest absolute Gasteiger partial charge is 0.383 e. The molecule has 0 radical (unpaired) electrons. The number of rotatable bonds is 5. The van der Waals surface area contributed by atoms with Gasteiger partial charge in [-0.3, -0.25) is 4.79 Å². The Balaban J connectivity index is 0.00000361. The van der Waals surface area contributed by atoms with Gasteiger partial charge in [0.25, 0.3) is 0 Å². The first-order valence-electron chi connectivity index (χ1n) is 6.46. The Kier molecular flexibility index (Phi) is 7.79. The lowest BCUT2D eigenvalue weighted by molar-refractivity contribution is -0.123. The molecule has 0 bridgehead atoms. The van der Waals surface area contributed by atoms with Gasteiger partial charge in [-0.05, 0) is 16.5 Å². The number of carbonyl (C=O) groups is 1. The maximum absolute atomic E-state index is 11.6. The van der Waals surface area contributed by atoms with E-state index in [1.807, 2.05) is 12.1 Å². The Morgan fingerprint density at radius 1 is 1.30 bits per heavy atom. The average molecular weight is 301 g/mol. The van der Waals surface area contributed by atoms with E-state index in [1.165, 1.54) is 12.7 Å². The van der Waals surface area contributed by atoms with E-state index in [-0.39, 0.29) is 30.3 Å². The first kappa shape index (κ1) is 18.9. The van der Waals surface area contributed by atoms with Crippen LogP contribution in [0, 0.1) is 0 Å². The minimum absolute atomic E-state index is 0. The van der Waals surface area contributed by atoms with Gasteiger partial charge in [0.2, 0.25) is 5.91 Å². The van der Waals surface area contributed by atoms with E-state index in [2.05, 4.69) is 38.2 Å². The third kappa shape index (κ3) is 5.90. The molecule has 114 valence electrons. The third-order valence-electron chi connectivity index (χ3n) is 2.97. The van der Waals surface area contributed by atoms with Crippen molar-refractivity contribution in [2.75, 3.05) is 13.7 Å². The molecule has 1 unspecified atom stereocenters. The van der Waals surface area contributed by atoms with Crippen molar-refractivity contribution in [3.8, 4) is 0 Å². The second-order valence-corrected chi connectivity index (χ2v) is 5.73. The van der Waals surface area contributed by atoms with Crippen LogP contribution in [0.3, 0.4) is 0 Å². The fourth-order valence-electron chi connectivity index (χ4n) is 1.70. The SMILES string of the molecule is COCC(N)C(=O)NCc1ccc(C(C)(C)C)cc1.Cl. The normalized spacial score (nSPS) is 12.4. The maximum atomic E-state index is 11.6. The van der Waals surface area contributed by atoms with Crippen LogP contribution in [0.15, 0.2) is 24.3 Å². The molecule has 0 aliphatic rings. The molecule has 1 atom stereocenters. The number of methoxy groups -OCH3 is 1. The number of amides is 1. The fourth-order valence-corrected chi connectivity index (χ4v) is 1.70. The van der Waals surface area contributed by atoms with Crippen LogP contribution in [0.2, 0.25) is 0 Å². The first-order chi connectivity index (χ1) is 8.84. The molecule has 0 aliphatic carbocycles. The number of ether oxygens (including phenoxy) is 1. The summed E-state index contributed by atoms with van der Waals surface area (Å²) in [7, 11) is 1.53. The molecular formula is C15H25ClN2O2. The Labute approximate surface area is 127 Å². The Morgan fingerprint density at radius 2 is 1.85 bits per heavy atom. The zero-order valence-corrected chi connectivity index (χ0v) is 13.4. The fraction of sp³-hybridized carbons (Fsp3) is 0.533. The predicted molar refractivity (Wildman–Crippen MR) is 84.1 cm³/mol. The van der Waals surface area contributed by atoms with Crippen LogP contribution in [0.1, 0.15) is 31.9 Å². The smallest absolute Gasteiger partial charge is 0.239 e. The molecule has 0 heterocycles. The molecule has 3 N–H and O–H groups in total. The van der Waals surface area contributed by atoms with Crippen molar-refractivity contribution in [1.82, 2.24) is 5.32 Å². The molecule has 4 nitrogen and oxygen atoms in total. The van der Waals surface area contributed by atoms with Crippen LogP contribution < -0.4 is 11.1 Å². The number of nitrogens with one attached hydrogen (secondary N) is 1. The van der Waals surface area contributed by atoms with Gasteiger partial charge in [-0.2, -0.15) is 0 Å². The van der Waals surface area contributed by atoms with E-state index in [0.29, 0.717) is 6.54 Å². The molecule has 1 amide bonds. The Morgan fingerprint density at radius 3 is 2.30 bits per heavy atom. The Hall–Kier alpha value is -1.10. The van der Waals surface area contributed by atoms with Crippen molar-refractivity contribution in [2.24, 2.45) is 5.73 Å². The molecule has 20 heavy (non-hydrogen) atoms. The summed E-state index contributed by atoms with van der Waals surface area (Å²) in [5, 5.41) is 2.80. The van der Waals surface area contributed by atoms with E-state index in [4.69, 9.17) is 10.5 Å². The lowest BCUT2D eigenvalue weighted by atomic mass is 9.87. The molecule has 1 aromatic carbocycles. The minimum atomic E-state index is -0.612. The number of halogens is 1. The van der Waals surface area contributed by atoms with E-state index in [0.717, 1.165) is 5.56 Å². The standard InChI is InChI=1S/C15H24N2O2.ClH/c1-15(2,3)12-7-5-11(6-8-12)9-17-14(18)13(16)10-19-4;/h5-8,13H,9-10,16H2,1-4H3,(H,17,18);1H. The lowest BCUT2D eigenvalue weighted by Gasteiger charge is -2.19. The van der Waals surface area contributed by atoms with Gasteiger partial charge in [0.1, 0.15) is 6.04 Å². The van der Waals surface area contributed by atoms with Crippen LogP contribution in [-0.4, -0.2) is 25.7 Å². The van der Waals surface area contributed by atoms with Gasteiger partial charge < -0.3 is 15.8 Å². The van der Waals surface area contributed by atoms with Gasteiger partial charge in [-0.25, -0.2) is 0 Å². The number of nitrogens with two attached hydrogens (primary N) is 1. The monoisotopic (exact) mass is 300 g/mol. The van der Waals surface area contributed by atoms with Gasteiger partial charge in [-0.15, -0.1) is 12.4 Å². The molecule has 0 fully saturated rings. The predicted octanol–water partition coefficient (Wildman–Crippen LogP) is 2.00. The van der Waals surface area contributed by atoms with Crippen molar-refractivity contribution in [1.29, 1.82) is 0 Å². The molecule has 0 spiro atoms. The highest BCUT2D eigenvalue weighted by atomic mass is 35.5. The molecule has 5 heteroatoms. The average Bonchev–Trinajstić information content (AvgIpc) is 2.35. The van der Waals surface area contributed by atoms with Crippen molar-refractivity contribution < 1.29 is 9.53 Å². The highest BCUT2D eigenvalue weighted by Gasteiger charge is 2.14.